The van der Waals surface area contributed by atoms with Gasteiger partial charge < -0.3 is 0 Å². The normalized spacial score (nSPS) is 11.6. The van der Waals surface area contributed by atoms with Gasteiger partial charge in [0.05, 0.1) is 5.75 Å². The molecule has 0 saturated heterocycles. The zero-order chi connectivity index (χ0) is 10.1. The lowest BCUT2D eigenvalue weighted by Gasteiger charge is -1.98. The van der Waals surface area contributed by atoms with Crippen molar-refractivity contribution in [1.82, 2.24) is 0 Å². The Kier molecular flexibility index (Phi) is 2.87. The predicted octanol–water partition coefficient (Wildman–Crippen LogP) is 2.03. The van der Waals surface area contributed by atoms with E-state index in [1.54, 1.807) is 0 Å². The van der Waals surface area contributed by atoms with Gasteiger partial charge in [0.25, 0.3) is 0 Å². The second kappa shape index (κ2) is 3.59. The van der Waals surface area contributed by atoms with E-state index in [2.05, 4.69) is 0 Å². The Morgan fingerprint density at radius 2 is 1.62 bits per heavy atom. The topological polar surface area (TPSA) is 34.1 Å². The molecule has 0 saturated carbocycles. The van der Waals surface area contributed by atoms with Crippen LogP contribution in [0.1, 0.15) is 5.56 Å². The molecule has 1 aromatic rings. The fourth-order valence-corrected chi connectivity index (χ4v) is 1.84. The van der Waals surface area contributed by atoms with E-state index in [0.717, 1.165) is 12.1 Å². The second-order valence-electron chi connectivity index (χ2n) is 2.46. The van der Waals surface area contributed by atoms with E-state index >= 15 is 0 Å². The number of halogens is 3. The molecule has 72 valence electrons. The summed E-state index contributed by atoms with van der Waals surface area (Å²) in [6, 6.07) is 2.50. The first-order valence-electron chi connectivity index (χ1n) is 3.24. The maximum Gasteiger partial charge on any atom is 0.236 e. The number of hydrogen-bond donors (Lipinski definition) is 0. The number of hydrogen-bond acceptors (Lipinski definition) is 2. The van der Waals surface area contributed by atoms with Gasteiger partial charge in [0.1, 0.15) is 11.6 Å². The van der Waals surface area contributed by atoms with Crippen molar-refractivity contribution in [3.8, 4) is 0 Å². The molecule has 0 atom stereocenters. The molecule has 0 aliphatic rings. The van der Waals surface area contributed by atoms with Crippen LogP contribution in [0.25, 0.3) is 0 Å². The van der Waals surface area contributed by atoms with Gasteiger partial charge >= 0.3 is 0 Å². The predicted molar refractivity (Wildman–Crippen MR) is 44.8 cm³/mol. The zero-order valence-corrected chi connectivity index (χ0v) is 7.87. The third kappa shape index (κ3) is 3.69. The Morgan fingerprint density at radius 1 is 1.15 bits per heavy atom. The van der Waals surface area contributed by atoms with Crippen molar-refractivity contribution in [2.45, 2.75) is 5.75 Å². The Morgan fingerprint density at radius 3 is 2.00 bits per heavy atom. The van der Waals surface area contributed by atoms with Gasteiger partial charge in [-0.15, -0.1) is 0 Å². The third-order valence-corrected chi connectivity index (χ3v) is 2.27. The standard InChI is InChI=1S/C7H5ClF2O2S/c8-13(11,12)4-5-1-6(9)3-7(10)2-5/h1-3H,4H2. The first-order chi connectivity index (χ1) is 5.87. The molecule has 0 fully saturated rings. The van der Waals surface area contributed by atoms with Crippen LogP contribution in [0.3, 0.4) is 0 Å². The minimum atomic E-state index is -3.77. The van der Waals surface area contributed by atoms with Crippen LogP contribution in [-0.2, 0) is 14.8 Å². The van der Waals surface area contributed by atoms with Gasteiger partial charge in [-0.2, -0.15) is 0 Å². The molecule has 0 aromatic heterocycles. The third-order valence-electron chi connectivity index (χ3n) is 1.26. The Labute approximate surface area is 78.6 Å². The van der Waals surface area contributed by atoms with Crippen molar-refractivity contribution in [3.05, 3.63) is 35.4 Å². The van der Waals surface area contributed by atoms with Crippen LogP contribution in [0.2, 0.25) is 0 Å². The van der Waals surface area contributed by atoms with Gasteiger partial charge in [0.15, 0.2) is 0 Å². The lowest BCUT2D eigenvalue weighted by atomic mass is 10.2. The summed E-state index contributed by atoms with van der Waals surface area (Å²) >= 11 is 0. The van der Waals surface area contributed by atoms with E-state index in [9.17, 15) is 17.2 Å². The summed E-state index contributed by atoms with van der Waals surface area (Å²) < 4.78 is 46.1. The molecule has 2 nitrogen and oxygen atoms in total. The molecule has 0 spiro atoms. The summed E-state index contributed by atoms with van der Waals surface area (Å²) in [6.07, 6.45) is 0. The highest BCUT2D eigenvalue weighted by Gasteiger charge is 2.09. The Balaban J connectivity index is 3.03. The molecule has 0 N–H and O–H groups in total. The SMILES string of the molecule is O=S(=O)(Cl)Cc1cc(F)cc(F)c1. The molecule has 6 heteroatoms. The van der Waals surface area contributed by atoms with Crippen molar-refractivity contribution in [3.63, 3.8) is 0 Å². The van der Waals surface area contributed by atoms with Gasteiger partial charge in [-0.05, 0) is 17.7 Å². The quantitative estimate of drug-likeness (QED) is 0.724. The van der Waals surface area contributed by atoms with E-state index in [1.807, 2.05) is 0 Å². The van der Waals surface area contributed by atoms with Gasteiger partial charge in [-0.3, -0.25) is 0 Å². The average molecular weight is 227 g/mol. The van der Waals surface area contributed by atoms with Crippen LogP contribution in [0, 0.1) is 11.6 Å². The highest BCUT2D eigenvalue weighted by Crippen LogP contribution is 2.13. The fraction of sp³-hybridized carbons (Fsp3) is 0.143. The van der Waals surface area contributed by atoms with E-state index in [1.165, 1.54) is 0 Å². The molecular formula is C7H5ClF2O2S. The van der Waals surface area contributed by atoms with Gasteiger partial charge in [-0.1, -0.05) is 0 Å². The summed E-state index contributed by atoms with van der Waals surface area (Å²) in [5.74, 6) is -2.23. The maximum absolute atomic E-state index is 12.5. The summed E-state index contributed by atoms with van der Waals surface area (Å²) in [5, 5.41) is 0. The zero-order valence-electron chi connectivity index (χ0n) is 6.30. The molecular weight excluding hydrogens is 222 g/mol. The summed E-state index contributed by atoms with van der Waals surface area (Å²) in [7, 11) is 1.13. The molecule has 0 amide bonds. The molecule has 13 heavy (non-hydrogen) atoms. The number of benzene rings is 1. The molecule has 1 aromatic carbocycles. The minimum Gasteiger partial charge on any atom is -0.212 e. The van der Waals surface area contributed by atoms with Crippen LogP contribution >= 0.6 is 10.7 Å². The van der Waals surface area contributed by atoms with Crippen LogP contribution in [-0.4, -0.2) is 8.42 Å². The first kappa shape index (κ1) is 10.4. The van der Waals surface area contributed by atoms with Crippen LogP contribution in [0.5, 0.6) is 0 Å². The van der Waals surface area contributed by atoms with Crippen molar-refractivity contribution < 1.29 is 17.2 Å². The van der Waals surface area contributed by atoms with Crippen molar-refractivity contribution in [2.24, 2.45) is 0 Å². The van der Waals surface area contributed by atoms with E-state index in [4.69, 9.17) is 10.7 Å². The van der Waals surface area contributed by atoms with Crippen molar-refractivity contribution in [1.29, 1.82) is 0 Å². The van der Waals surface area contributed by atoms with Crippen LogP contribution in [0.4, 0.5) is 8.78 Å². The fourth-order valence-electron chi connectivity index (χ4n) is 0.893. The molecule has 0 bridgehead atoms. The monoisotopic (exact) mass is 226 g/mol. The average Bonchev–Trinajstić information content (AvgIpc) is 1.78. The smallest absolute Gasteiger partial charge is 0.212 e. The molecule has 1 rings (SSSR count). The second-order valence-corrected chi connectivity index (χ2v) is 5.24. The Bertz CT molecular complexity index is 396. The lowest BCUT2D eigenvalue weighted by molar-refractivity contribution is 0.580. The summed E-state index contributed by atoms with van der Waals surface area (Å²) in [5.41, 5.74) is -0.00694. The highest BCUT2D eigenvalue weighted by atomic mass is 35.7. The van der Waals surface area contributed by atoms with Gasteiger partial charge in [0.2, 0.25) is 9.05 Å². The lowest BCUT2D eigenvalue weighted by Crippen LogP contribution is -1.96. The number of rotatable bonds is 2. The van der Waals surface area contributed by atoms with Gasteiger partial charge in [-0.25, -0.2) is 17.2 Å². The van der Waals surface area contributed by atoms with E-state index < -0.39 is 26.4 Å². The van der Waals surface area contributed by atoms with Crippen LogP contribution in [0.15, 0.2) is 18.2 Å². The van der Waals surface area contributed by atoms with E-state index in [-0.39, 0.29) is 5.56 Å². The maximum atomic E-state index is 12.5. The summed E-state index contributed by atoms with van der Waals surface area (Å²) in [6.45, 7) is 0. The first-order valence-corrected chi connectivity index (χ1v) is 5.72. The molecule has 0 radical (unpaired) electrons. The molecule has 0 aliphatic carbocycles. The summed E-state index contributed by atoms with van der Waals surface area (Å²) in [4.78, 5) is 0. The molecule has 0 aliphatic heterocycles. The van der Waals surface area contributed by atoms with Gasteiger partial charge in [0, 0.05) is 16.7 Å². The Hall–Kier alpha value is -0.680. The van der Waals surface area contributed by atoms with Crippen molar-refractivity contribution >= 4 is 19.7 Å². The highest BCUT2D eigenvalue weighted by molar-refractivity contribution is 8.13. The van der Waals surface area contributed by atoms with E-state index in [0.29, 0.717) is 6.07 Å². The molecule has 0 unspecified atom stereocenters. The minimum absolute atomic E-state index is 0.00694. The largest absolute Gasteiger partial charge is 0.236 e. The van der Waals surface area contributed by atoms with Crippen molar-refractivity contribution in [2.75, 3.05) is 0 Å². The van der Waals surface area contributed by atoms with Crippen LogP contribution < -0.4 is 0 Å². The molecule has 0 heterocycles.